The average Bonchev–Trinajstić information content (AvgIpc) is 1.80. The van der Waals surface area contributed by atoms with Gasteiger partial charge in [-0.15, -0.1) is 0 Å². The first-order chi connectivity index (χ1) is 6.02. The highest BCUT2D eigenvalue weighted by Gasteiger charge is 2.40. The van der Waals surface area contributed by atoms with Crippen molar-refractivity contribution in [2.24, 2.45) is 0 Å². The Bertz CT molecular complexity index is 235. The second-order valence-electron chi connectivity index (χ2n) is 5.04. The van der Waals surface area contributed by atoms with Crippen molar-refractivity contribution in [2.75, 3.05) is 13.3 Å². The van der Waals surface area contributed by atoms with Crippen LogP contribution in [0.25, 0.3) is 0 Å². The van der Waals surface area contributed by atoms with Crippen LogP contribution >= 0.6 is 6.49 Å². The van der Waals surface area contributed by atoms with Crippen LogP contribution in [0.1, 0.15) is 27.7 Å². The van der Waals surface area contributed by atoms with Crippen LogP contribution in [0.15, 0.2) is 0 Å². The molecule has 0 heterocycles. The quantitative estimate of drug-likeness (QED) is 0.558. The van der Waals surface area contributed by atoms with Crippen LogP contribution in [-0.2, 0) is 20.5 Å². The van der Waals surface area contributed by atoms with Crippen molar-refractivity contribution in [3.05, 3.63) is 0 Å². The van der Waals surface area contributed by atoms with Crippen LogP contribution in [0.3, 0.4) is 0 Å². The summed E-state index contributed by atoms with van der Waals surface area (Å²) >= 11 is 5.36. The van der Waals surface area contributed by atoms with E-state index in [0.717, 1.165) is 0 Å². The smallest absolute Gasteiger partial charge is 0.200 e. The minimum absolute atomic E-state index is 0.199. The van der Waals surface area contributed by atoms with E-state index in [1.807, 2.05) is 13.6 Å². The van der Waals surface area contributed by atoms with Crippen molar-refractivity contribution in [1.29, 1.82) is 0 Å². The Morgan fingerprint density at radius 2 is 1.71 bits per heavy atom. The lowest BCUT2D eigenvalue weighted by atomic mass is 10.2. The van der Waals surface area contributed by atoms with Crippen LogP contribution in [0.5, 0.6) is 0 Å². The van der Waals surface area contributed by atoms with Gasteiger partial charge in [0.1, 0.15) is 0 Å². The molecule has 0 rings (SSSR count). The third kappa shape index (κ3) is 4.54. The summed E-state index contributed by atoms with van der Waals surface area (Å²) in [6, 6.07) is 0. The third-order valence-corrected chi connectivity index (χ3v) is 11.0. The van der Waals surface area contributed by atoms with Crippen molar-refractivity contribution in [2.45, 2.75) is 45.8 Å². The molecule has 0 spiro atoms. The second-order valence-corrected chi connectivity index (χ2v) is 14.1. The Kier molecular flexibility index (Phi) is 5.02. The van der Waals surface area contributed by atoms with E-state index in [9.17, 15) is 0 Å². The molecule has 86 valence electrons. The van der Waals surface area contributed by atoms with E-state index in [1.54, 1.807) is 0 Å². The first-order valence-corrected chi connectivity index (χ1v) is 10.9. The number of rotatable bonds is 4. The maximum absolute atomic E-state index is 6.07. The van der Waals surface area contributed by atoms with E-state index in [1.165, 1.54) is 0 Å². The van der Waals surface area contributed by atoms with Crippen LogP contribution in [0, 0.1) is 0 Å². The Morgan fingerprint density at radius 1 is 1.29 bits per heavy atom. The molecule has 0 radical (unpaired) electrons. The predicted molar refractivity (Wildman–Crippen MR) is 70.1 cm³/mol. The van der Waals surface area contributed by atoms with Crippen LogP contribution in [0.4, 0.5) is 0 Å². The summed E-state index contributed by atoms with van der Waals surface area (Å²) in [5, 5.41) is 0.199. The van der Waals surface area contributed by atoms with Gasteiger partial charge >= 0.3 is 0 Å². The minimum Gasteiger partial charge on any atom is -0.370 e. The zero-order valence-electron chi connectivity index (χ0n) is 10.4. The maximum atomic E-state index is 6.07. The third-order valence-electron chi connectivity index (χ3n) is 2.56. The fraction of sp³-hybridized carbons (Fsp3) is 1.00. The van der Waals surface area contributed by atoms with Gasteiger partial charge in [0.15, 0.2) is 6.49 Å². The monoisotopic (exact) mass is 254 g/mol. The van der Waals surface area contributed by atoms with Gasteiger partial charge in [-0.05, 0) is 36.9 Å². The minimum atomic E-state index is -2.02. The molecule has 0 aliphatic rings. The molecule has 0 aromatic rings. The molecule has 0 aliphatic carbocycles. The largest absolute Gasteiger partial charge is 0.370 e. The standard InChI is InChI=1S/C9H23O2PSSi/c1-8-10-12(5,13)11-14(6,7)9(2,3)4/h8H2,1-7H3. The average molecular weight is 254 g/mol. The van der Waals surface area contributed by atoms with Crippen LogP contribution < -0.4 is 0 Å². The molecule has 2 nitrogen and oxygen atoms in total. The summed E-state index contributed by atoms with van der Waals surface area (Å²) in [6.07, 6.45) is 0. The summed E-state index contributed by atoms with van der Waals surface area (Å²) in [7, 11) is -1.76. The Labute approximate surface area is 94.7 Å². The van der Waals surface area contributed by atoms with Gasteiger partial charge in [-0.1, -0.05) is 20.8 Å². The topological polar surface area (TPSA) is 18.5 Å². The maximum Gasteiger partial charge on any atom is 0.200 e. The molecule has 1 atom stereocenters. The Balaban J connectivity index is 4.59. The summed E-state index contributed by atoms with van der Waals surface area (Å²) < 4.78 is 11.6. The van der Waals surface area contributed by atoms with Gasteiger partial charge in [0.05, 0.1) is 6.61 Å². The second kappa shape index (κ2) is 4.75. The van der Waals surface area contributed by atoms with E-state index >= 15 is 0 Å². The van der Waals surface area contributed by atoms with E-state index in [2.05, 4.69) is 33.9 Å². The summed E-state index contributed by atoms with van der Waals surface area (Å²) in [5.74, 6) is 0. The molecule has 0 aromatic carbocycles. The molecule has 0 N–H and O–H groups in total. The predicted octanol–water partition coefficient (Wildman–Crippen LogP) is 3.98. The molecular formula is C9H23O2PSSi. The molecule has 0 bridgehead atoms. The van der Waals surface area contributed by atoms with Crippen molar-refractivity contribution < 1.29 is 8.74 Å². The molecule has 0 saturated carbocycles. The Morgan fingerprint density at radius 3 is 2.00 bits per heavy atom. The molecule has 0 fully saturated rings. The van der Waals surface area contributed by atoms with Gasteiger partial charge in [-0.3, -0.25) is 0 Å². The van der Waals surface area contributed by atoms with Gasteiger partial charge in [-0.2, -0.15) is 0 Å². The molecule has 0 aromatic heterocycles. The van der Waals surface area contributed by atoms with Crippen LogP contribution in [-0.4, -0.2) is 21.6 Å². The zero-order valence-corrected chi connectivity index (χ0v) is 13.1. The summed E-state index contributed by atoms with van der Waals surface area (Å²) in [6.45, 7) is 13.5. The van der Waals surface area contributed by atoms with Crippen molar-refractivity contribution in [3.63, 3.8) is 0 Å². The van der Waals surface area contributed by atoms with Crippen molar-refractivity contribution >= 4 is 26.6 Å². The zero-order chi connectivity index (χ0) is 11.6. The normalized spacial score (nSPS) is 17.9. The van der Waals surface area contributed by atoms with Gasteiger partial charge < -0.3 is 8.74 Å². The molecule has 0 saturated heterocycles. The highest BCUT2D eigenvalue weighted by molar-refractivity contribution is 8.10. The van der Waals surface area contributed by atoms with E-state index in [-0.39, 0.29) is 5.04 Å². The lowest BCUT2D eigenvalue weighted by Gasteiger charge is -2.39. The van der Waals surface area contributed by atoms with Gasteiger partial charge in [0.2, 0.25) is 8.32 Å². The molecule has 14 heavy (non-hydrogen) atoms. The first-order valence-electron chi connectivity index (χ1n) is 4.94. The van der Waals surface area contributed by atoms with Gasteiger partial charge in [0.25, 0.3) is 0 Å². The van der Waals surface area contributed by atoms with E-state index in [4.69, 9.17) is 20.5 Å². The summed E-state index contributed by atoms with van der Waals surface area (Å²) in [5.41, 5.74) is 0. The van der Waals surface area contributed by atoms with Gasteiger partial charge in [0, 0.05) is 6.66 Å². The molecule has 0 aliphatic heterocycles. The lowest BCUT2D eigenvalue weighted by Crippen LogP contribution is -2.39. The highest BCUT2D eigenvalue weighted by atomic mass is 32.5. The SMILES string of the molecule is CCOP(C)(=S)O[Si](C)(C)C(C)(C)C. The van der Waals surface area contributed by atoms with Crippen molar-refractivity contribution in [3.8, 4) is 0 Å². The fourth-order valence-electron chi connectivity index (χ4n) is 0.812. The molecular weight excluding hydrogens is 231 g/mol. The number of hydrogen-bond acceptors (Lipinski definition) is 3. The van der Waals surface area contributed by atoms with E-state index in [0.29, 0.717) is 6.61 Å². The molecule has 5 heteroatoms. The Hall–Kier alpha value is 0.787. The number of hydrogen-bond donors (Lipinski definition) is 0. The summed E-state index contributed by atoms with van der Waals surface area (Å²) in [4.78, 5) is 0. The molecule has 0 amide bonds. The first kappa shape index (κ1) is 14.8. The lowest BCUT2D eigenvalue weighted by molar-refractivity contribution is 0.328. The highest BCUT2D eigenvalue weighted by Crippen LogP contribution is 2.52. The van der Waals surface area contributed by atoms with Gasteiger partial charge in [-0.25, -0.2) is 0 Å². The van der Waals surface area contributed by atoms with E-state index < -0.39 is 14.8 Å². The van der Waals surface area contributed by atoms with Crippen LogP contribution in [0.2, 0.25) is 18.1 Å². The van der Waals surface area contributed by atoms with Crippen molar-refractivity contribution in [1.82, 2.24) is 0 Å². The fourth-order valence-corrected chi connectivity index (χ4v) is 7.90. The molecule has 1 unspecified atom stereocenters.